The first-order valence-corrected chi connectivity index (χ1v) is 6.13. The molecule has 0 fully saturated rings. The number of rotatable bonds is 2. The third kappa shape index (κ3) is 1.88. The molecule has 2 aromatic heterocycles. The number of halogens is 1. The Morgan fingerprint density at radius 2 is 2.24 bits per heavy atom. The molecule has 86 valence electrons. The van der Waals surface area contributed by atoms with Crippen molar-refractivity contribution in [2.24, 2.45) is 0 Å². The summed E-state index contributed by atoms with van der Waals surface area (Å²) in [6.45, 7) is 0.545. The predicted molar refractivity (Wildman–Crippen MR) is 72.5 cm³/mol. The van der Waals surface area contributed by atoms with Crippen molar-refractivity contribution in [3.63, 3.8) is 0 Å². The van der Waals surface area contributed by atoms with Crippen molar-refractivity contribution < 1.29 is 4.52 Å². The fourth-order valence-electron chi connectivity index (χ4n) is 1.77. The zero-order chi connectivity index (χ0) is 11.8. The summed E-state index contributed by atoms with van der Waals surface area (Å²) in [5.41, 5.74) is 7.80. The monoisotopic (exact) mass is 340 g/mol. The lowest BCUT2D eigenvalue weighted by molar-refractivity contribution is 0.378. The molecule has 0 aliphatic rings. The van der Waals surface area contributed by atoms with Crippen LogP contribution in [0.15, 0.2) is 35.0 Å². The van der Waals surface area contributed by atoms with Gasteiger partial charge >= 0.3 is 0 Å². The summed E-state index contributed by atoms with van der Waals surface area (Å²) in [5.74, 6) is 1.24. The lowest BCUT2D eigenvalue weighted by atomic mass is 10.3. The normalized spacial score (nSPS) is 11.1. The van der Waals surface area contributed by atoms with E-state index in [4.69, 9.17) is 10.3 Å². The van der Waals surface area contributed by atoms with Crippen LogP contribution in [-0.2, 0) is 6.54 Å². The van der Waals surface area contributed by atoms with Crippen LogP contribution >= 0.6 is 22.6 Å². The van der Waals surface area contributed by atoms with E-state index in [-0.39, 0.29) is 0 Å². The van der Waals surface area contributed by atoms with Crippen molar-refractivity contribution in [2.75, 3.05) is 5.73 Å². The van der Waals surface area contributed by atoms with Crippen LogP contribution in [0.4, 0.5) is 5.95 Å². The highest BCUT2D eigenvalue weighted by molar-refractivity contribution is 14.1. The first-order chi connectivity index (χ1) is 8.24. The molecule has 3 rings (SSSR count). The minimum Gasteiger partial charge on any atom is -0.369 e. The molecule has 2 N–H and O–H groups in total. The first-order valence-electron chi connectivity index (χ1n) is 5.05. The Morgan fingerprint density at radius 3 is 3.00 bits per heavy atom. The van der Waals surface area contributed by atoms with Gasteiger partial charge in [-0.25, -0.2) is 4.98 Å². The van der Waals surface area contributed by atoms with Crippen LogP contribution in [0.2, 0.25) is 0 Å². The minimum absolute atomic E-state index is 0.485. The second-order valence-corrected chi connectivity index (χ2v) is 4.91. The highest BCUT2D eigenvalue weighted by atomic mass is 127. The van der Waals surface area contributed by atoms with Crippen LogP contribution in [0.1, 0.15) is 5.76 Å². The fraction of sp³-hybridized carbons (Fsp3) is 0.0909. The Labute approximate surface area is 111 Å². The maximum Gasteiger partial charge on any atom is 0.201 e. The summed E-state index contributed by atoms with van der Waals surface area (Å²) in [6, 6.07) is 7.86. The molecule has 0 saturated carbocycles. The molecule has 0 saturated heterocycles. The van der Waals surface area contributed by atoms with Crippen LogP contribution in [0.3, 0.4) is 0 Å². The van der Waals surface area contributed by atoms with Crippen molar-refractivity contribution in [2.45, 2.75) is 6.54 Å². The lowest BCUT2D eigenvalue weighted by Crippen LogP contribution is -2.03. The zero-order valence-corrected chi connectivity index (χ0v) is 11.0. The fourth-order valence-corrected chi connectivity index (χ4v) is 2.24. The van der Waals surface area contributed by atoms with Gasteiger partial charge < -0.3 is 14.8 Å². The molecule has 1 aromatic carbocycles. The number of imidazole rings is 1. The Morgan fingerprint density at radius 1 is 1.35 bits per heavy atom. The molecule has 0 bridgehead atoms. The molecule has 0 amide bonds. The quantitative estimate of drug-likeness (QED) is 0.727. The van der Waals surface area contributed by atoms with E-state index in [0.717, 1.165) is 20.4 Å². The Balaban J connectivity index is 2.12. The highest BCUT2D eigenvalue weighted by Gasteiger charge is 2.10. The summed E-state index contributed by atoms with van der Waals surface area (Å²) in [4.78, 5) is 4.33. The van der Waals surface area contributed by atoms with Crippen LogP contribution in [0, 0.1) is 3.57 Å². The van der Waals surface area contributed by atoms with Gasteiger partial charge in [-0.2, -0.15) is 0 Å². The maximum atomic E-state index is 5.91. The molecule has 3 aromatic rings. The molecule has 17 heavy (non-hydrogen) atoms. The van der Waals surface area contributed by atoms with Gasteiger partial charge in [0.15, 0.2) is 5.76 Å². The maximum absolute atomic E-state index is 5.91. The molecule has 0 atom stereocenters. The first kappa shape index (κ1) is 10.6. The van der Waals surface area contributed by atoms with Gasteiger partial charge in [-0.15, -0.1) is 0 Å². The van der Waals surface area contributed by atoms with Crippen LogP contribution in [0.25, 0.3) is 11.0 Å². The predicted octanol–water partition coefficient (Wildman–Crippen LogP) is 2.26. The van der Waals surface area contributed by atoms with Gasteiger partial charge in [0.1, 0.15) is 0 Å². The van der Waals surface area contributed by atoms with E-state index in [0.29, 0.717) is 12.5 Å². The standard InChI is InChI=1S/C11H9IN4O/c12-7-1-2-10-9(5-7)15-11(13)16(10)6-8-3-4-14-17-8/h1-5H,6H2,(H2,13,15). The molecule has 0 aliphatic heterocycles. The van der Waals surface area contributed by atoms with Gasteiger partial charge in [0.25, 0.3) is 0 Å². The summed E-state index contributed by atoms with van der Waals surface area (Å²) < 4.78 is 8.13. The van der Waals surface area contributed by atoms with E-state index in [1.807, 2.05) is 28.8 Å². The van der Waals surface area contributed by atoms with E-state index in [2.05, 4.69) is 32.7 Å². The largest absolute Gasteiger partial charge is 0.369 e. The topological polar surface area (TPSA) is 69.9 Å². The van der Waals surface area contributed by atoms with Crippen molar-refractivity contribution in [1.29, 1.82) is 0 Å². The number of nitrogens with zero attached hydrogens (tertiary/aromatic N) is 3. The third-order valence-corrected chi connectivity index (χ3v) is 3.22. The molecular formula is C11H9IN4O. The van der Waals surface area contributed by atoms with E-state index < -0.39 is 0 Å². The number of nitrogens with two attached hydrogens (primary N) is 1. The average molecular weight is 340 g/mol. The number of nitrogen functional groups attached to an aromatic ring is 1. The van der Waals surface area contributed by atoms with E-state index >= 15 is 0 Å². The number of benzene rings is 1. The number of aromatic nitrogens is 3. The summed E-state index contributed by atoms with van der Waals surface area (Å²) in [5, 5.41) is 3.68. The van der Waals surface area contributed by atoms with E-state index in [1.165, 1.54) is 0 Å². The Kier molecular flexibility index (Phi) is 2.50. The van der Waals surface area contributed by atoms with Crippen LogP contribution in [0.5, 0.6) is 0 Å². The Hall–Kier alpha value is -1.57. The van der Waals surface area contributed by atoms with E-state index in [1.54, 1.807) is 6.20 Å². The highest BCUT2D eigenvalue weighted by Crippen LogP contribution is 2.21. The van der Waals surface area contributed by atoms with Gasteiger partial charge in [0.05, 0.1) is 23.8 Å². The van der Waals surface area contributed by atoms with E-state index in [9.17, 15) is 0 Å². The number of hydrogen-bond acceptors (Lipinski definition) is 4. The second-order valence-electron chi connectivity index (χ2n) is 3.67. The summed E-state index contributed by atoms with van der Waals surface area (Å²) >= 11 is 2.25. The molecule has 6 heteroatoms. The molecule has 2 heterocycles. The Bertz CT molecular complexity index is 659. The molecule has 0 aliphatic carbocycles. The SMILES string of the molecule is Nc1nc2cc(I)ccc2n1Cc1ccno1. The van der Waals surface area contributed by atoms with Crippen molar-refractivity contribution in [3.05, 3.63) is 39.8 Å². The number of fused-ring (bicyclic) bond motifs is 1. The summed E-state index contributed by atoms with van der Waals surface area (Å²) in [7, 11) is 0. The molecule has 0 unspecified atom stereocenters. The van der Waals surface area contributed by atoms with Gasteiger partial charge in [-0.3, -0.25) is 0 Å². The van der Waals surface area contributed by atoms with Gasteiger partial charge in [-0.05, 0) is 40.8 Å². The van der Waals surface area contributed by atoms with Crippen molar-refractivity contribution in [1.82, 2.24) is 14.7 Å². The number of anilines is 1. The third-order valence-electron chi connectivity index (χ3n) is 2.55. The molecular weight excluding hydrogens is 331 g/mol. The van der Waals surface area contributed by atoms with Crippen LogP contribution in [-0.4, -0.2) is 14.7 Å². The second kappa shape index (κ2) is 4.02. The van der Waals surface area contributed by atoms with Crippen molar-refractivity contribution in [3.8, 4) is 0 Å². The van der Waals surface area contributed by atoms with Crippen molar-refractivity contribution >= 4 is 39.6 Å². The zero-order valence-electron chi connectivity index (χ0n) is 8.80. The van der Waals surface area contributed by atoms with Gasteiger partial charge in [0.2, 0.25) is 5.95 Å². The van der Waals surface area contributed by atoms with Gasteiger partial charge in [-0.1, -0.05) is 5.16 Å². The smallest absolute Gasteiger partial charge is 0.201 e. The lowest BCUT2D eigenvalue weighted by Gasteiger charge is -2.02. The molecule has 0 spiro atoms. The van der Waals surface area contributed by atoms with Crippen LogP contribution < -0.4 is 5.73 Å². The van der Waals surface area contributed by atoms with Gasteiger partial charge in [0, 0.05) is 9.64 Å². The number of hydrogen-bond donors (Lipinski definition) is 1. The minimum atomic E-state index is 0.485. The summed E-state index contributed by atoms with van der Waals surface area (Å²) in [6.07, 6.45) is 1.62. The average Bonchev–Trinajstić information content (AvgIpc) is 2.88. The molecule has 0 radical (unpaired) electrons. The molecule has 5 nitrogen and oxygen atoms in total.